The quantitative estimate of drug-likeness (QED) is 0.245. The van der Waals surface area contributed by atoms with E-state index < -0.39 is 39.9 Å². The number of phenolic OH excluding ortho intramolecular Hbond substituents is 1. The average Bonchev–Trinajstić information content (AvgIpc) is 2.98. The van der Waals surface area contributed by atoms with Gasteiger partial charge >= 0.3 is 5.69 Å². The van der Waals surface area contributed by atoms with Crippen molar-refractivity contribution in [3.8, 4) is 11.5 Å². The predicted octanol–water partition coefficient (Wildman–Crippen LogP) is 3.14. The monoisotopic (exact) mass is 412 g/mol. The molecule has 2 aromatic rings. The topological polar surface area (TPSA) is 130 Å². The SMILES string of the molecule is CCCN1C(=O)C(=O)/C(=C(\O)c2cccc(OC)c2)C1c1ccc(O)c([N+](=O)[O-])c1. The van der Waals surface area contributed by atoms with Gasteiger partial charge in [0.2, 0.25) is 0 Å². The maximum atomic E-state index is 12.8. The minimum absolute atomic E-state index is 0.179. The molecule has 1 aliphatic rings. The third-order valence-corrected chi connectivity index (χ3v) is 4.86. The van der Waals surface area contributed by atoms with Crippen LogP contribution >= 0.6 is 0 Å². The number of benzene rings is 2. The standard InChI is InChI=1S/C21H20N2O7/c1-3-9-22-18(12-7-8-16(24)15(11-12)23(28)29)17(20(26)21(22)27)19(25)13-5-4-6-14(10-13)30-2/h4-8,10-11,18,24-25H,3,9H2,1-2H3/b19-17-. The van der Waals surface area contributed by atoms with E-state index in [-0.39, 0.29) is 23.2 Å². The lowest BCUT2D eigenvalue weighted by Crippen LogP contribution is -2.30. The number of aliphatic hydroxyl groups is 1. The molecule has 1 amide bonds. The maximum Gasteiger partial charge on any atom is 0.311 e. The first-order valence-electron chi connectivity index (χ1n) is 9.20. The summed E-state index contributed by atoms with van der Waals surface area (Å²) < 4.78 is 5.14. The van der Waals surface area contributed by atoms with Crippen molar-refractivity contribution >= 4 is 23.1 Å². The molecule has 2 aromatic carbocycles. The van der Waals surface area contributed by atoms with Crippen molar-refractivity contribution in [3.05, 3.63) is 69.3 Å². The van der Waals surface area contributed by atoms with Gasteiger partial charge in [0, 0.05) is 18.2 Å². The largest absolute Gasteiger partial charge is 0.507 e. The Hall–Kier alpha value is -3.88. The number of phenols is 1. The molecular formula is C21H20N2O7. The summed E-state index contributed by atoms with van der Waals surface area (Å²) in [5.41, 5.74) is -0.239. The van der Waals surface area contributed by atoms with E-state index in [4.69, 9.17) is 4.74 Å². The van der Waals surface area contributed by atoms with Gasteiger partial charge in [-0.1, -0.05) is 25.1 Å². The van der Waals surface area contributed by atoms with Crippen LogP contribution < -0.4 is 4.74 Å². The number of hydrogen-bond acceptors (Lipinski definition) is 7. The number of methoxy groups -OCH3 is 1. The predicted molar refractivity (Wildman–Crippen MR) is 107 cm³/mol. The lowest BCUT2D eigenvalue weighted by molar-refractivity contribution is -0.385. The molecule has 1 unspecified atom stereocenters. The van der Waals surface area contributed by atoms with Crippen molar-refractivity contribution in [1.29, 1.82) is 0 Å². The number of carbonyl (C=O) groups is 2. The van der Waals surface area contributed by atoms with Gasteiger partial charge in [0.15, 0.2) is 5.75 Å². The van der Waals surface area contributed by atoms with Crippen molar-refractivity contribution in [2.75, 3.05) is 13.7 Å². The van der Waals surface area contributed by atoms with E-state index in [2.05, 4.69) is 0 Å². The smallest absolute Gasteiger partial charge is 0.311 e. The van der Waals surface area contributed by atoms with E-state index in [0.29, 0.717) is 12.2 Å². The summed E-state index contributed by atoms with van der Waals surface area (Å²) in [7, 11) is 1.45. The molecule has 0 saturated carbocycles. The molecular weight excluding hydrogens is 392 g/mol. The Balaban J connectivity index is 2.24. The number of ketones is 1. The second kappa shape index (κ2) is 8.24. The summed E-state index contributed by atoms with van der Waals surface area (Å²) in [6.45, 7) is 2.02. The summed E-state index contributed by atoms with van der Waals surface area (Å²) in [6, 6.07) is 8.94. The number of aromatic hydroxyl groups is 1. The second-order valence-electron chi connectivity index (χ2n) is 6.73. The molecule has 1 aliphatic heterocycles. The highest BCUT2D eigenvalue weighted by molar-refractivity contribution is 6.46. The highest BCUT2D eigenvalue weighted by atomic mass is 16.6. The van der Waals surface area contributed by atoms with Gasteiger partial charge < -0.3 is 19.8 Å². The number of nitro benzene ring substituents is 1. The number of nitro groups is 1. The van der Waals surface area contributed by atoms with E-state index in [1.54, 1.807) is 18.2 Å². The summed E-state index contributed by atoms with van der Waals surface area (Å²) in [6.07, 6.45) is 0.531. The summed E-state index contributed by atoms with van der Waals surface area (Å²) in [5, 5.41) is 31.9. The van der Waals surface area contributed by atoms with Crippen LogP contribution in [0.2, 0.25) is 0 Å². The number of likely N-dealkylation sites (tertiary alicyclic amines) is 1. The van der Waals surface area contributed by atoms with E-state index >= 15 is 0 Å². The first-order valence-corrected chi connectivity index (χ1v) is 9.20. The van der Waals surface area contributed by atoms with Crippen LogP contribution in [0.25, 0.3) is 5.76 Å². The molecule has 1 heterocycles. The third kappa shape index (κ3) is 3.57. The fourth-order valence-electron chi connectivity index (χ4n) is 3.48. The van der Waals surface area contributed by atoms with Gasteiger partial charge in [-0.05, 0) is 30.2 Å². The Morgan fingerprint density at radius 1 is 1.23 bits per heavy atom. The molecule has 0 spiro atoms. The van der Waals surface area contributed by atoms with Crippen LogP contribution in [-0.4, -0.2) is 45.4 Å². The van der Waals surface area contributed by atoms with Gasteiger partial charge in [0.05, 0.1) is 23.6 Å². The fraction of sp³-hybridized carbons (Fsp3) is 0.238. The molecule has 1 saturated heterocycles. The minimum atomic E-state index is -1.03. The Kier molecular flexibility index (Phi) is 5.72. The van der Waals surface area contributed by atoms with Crippen molar-refractivity contribution in [2.45, 2.75) is 19.4 Å². The maximum absolute atomic E-state index is 12.8. The number of Topliss-reactive ketones (excluding diaryl/α,β-unsaturated/α-hetero) is 1. The highest BCUT2D eigenvalue weighted by Crippen LogP contribution is 2.41. The summed E-state index contributed by atoms with van der Waals surface area (Å²) in [4.78, 5) is 37.2. The molecule has 0 aromatic heterocycles. The number of aliphatic hydroxyl groups excluding tert-OH is 1. The van der Waals surface area contributed by atoms with Crippen LogP contribution in [0.5, 0.6) is 11.5 Å². The Labute approximate surface area is 172 Å². The van der Waals surface area contributed by atoms with Crippen LogP contribution in [0.3, 0.4) is 0 Å². The number of carbonyl (C=O) groups excluding carboxylic acids is 2. The zero-order chi connectivity index (χ0) is 22.0. The molecule has 0 radical (unpaired) electrons. The van der Waals surface area contributed by atoms with E-state index in [1.807, 2.05) is 6.92 Å². The number of nitrogens with zero attached hydrogens (tertiary/aromatic N) is 2. The van der Waals surface area contributed by atoms with E-state index in [9.17, 15) is 29.9 Å². The molecule has 3 rings (SSSR count). The van der Waals surface area contributed by atoms with Crippen molar-refractivity contribution in [3.63, 3.8) is 0 Å². The lowest BCUT2D eigenvalue weighted by atomic mass is 9.94. The van der Waals surface area contributed by atoms with Crippen molar-refractivity contribution in [2.24, 2.45) is 0 Å². The van der Waals surface area contributed by atoms with Crippen LogP contribution in [0.15, 0.2) is 48.0 Å². The van der Waals surface area contributed by atoms with Crippen LogP contribution in [0.1, 0.15) is 30.5 Å². The van der Waals surface area contributed by atoms with E-state index in [0.717, 1.165) is 12.1 Å². The second-order valence-corrected chi connectivity index (χ2v) is 6.73. The first-order chi connectivity index (χ1) is 14.3. The number of amides is 1. The van der Waals surface area contributed by atoms with Gasteiger partial charge in [0.25, 0.3) is 11.7 Å². The van der Waals surface area contributed by atoms with Gasteiger partial charge in [0.1, 0.15) is 11.5 Å². The Bertz CT molecular complexity index is 1060. The van der Waals surface area contributed by atoms with Gasteiger partial charge in [-0.15, -0.1) is 0 Å². The summed E-state index contributed by atoms with van der Waals surface area (Å²) >= 11 is 0. The molecule has 9 heteroatoms. The van der Waals surface area contributed by atoms with Crippen molar-refractivity contribution in [1.82, 2.24) is 4.90 Å². The molecule has 0 bridgehead atoms. The molecule has 30 heavy (non-hydrogen) atoms. The Morgan fingerprint density at radius 3 is 2.60 bits per heavy atom. The number of hydrogen-bond donors (Lipinski definition) is 2. The van der Waals surface area contributed by atoms with Crippen molar-refractivity contribution < 1.29 is 29.5 Å². The first kappa shape index (κ1) is 20.8. The lowest BCUT2D eigenvalue weighted by Gasteiger charge is -2.24. The van der Waals surface area contributed by atoms with Crippen LogP contribution in [-0.2, 0) is 9.59 Å². The molecule has 9 nitrogen and oxygen atoms in total. The zero-order valence-electron chi connectivity index (χ0n) is 16.4. The highest BCUT2D eigenvalue weighted by Gasteiger charge is 2.46. The molecule has 1 atom stereocenters. The zero-order valence-corrected chi connectivity index (χ0v) is 16.4. The number of rotatable bonds is 6. The molecule has 2 N–H and O–H groups in total. The third-order valence-electron chi connectivity index (χ3n) is 4.86. The van der Waals surface area contributed by atoms with E-state index in [1.165, 1.54) is 24.1 Å². The van der Waals surface area contributed by atoms with Gasteiger partial charge in [-0.25, -0.2) is 0 Å². The molecule has 0 aliphatic carbocycles. The average molecular weight is 412 g/mol. The van der Waals surface area contributed by atoms with Gasteiger partial charge in [-0.2, -0.15) is 0 Å². The van der Waals surface area contributed by atoms with Gasteiger partial charge in [-0.3, -0.25) is 19.7 Å². The Morgan fingerprint density at radius 2 is 1.97 bits per heavy atom. The van der Waals surface area contributed by atoms with Crippen LogP contribution in [0.4, 0.5) is 5.69 Å². The number of ether oxygens (including phenoxy) is 1. The fourth-order valence-corrected chi connectivity index (χ4v) is 3.48. The summed E-state index contributed by atoms with van der Waals surface area (Å²) in [5.74, 6) is -2.19. The minimum Gasteiger partial charge on any atom is -0.507 e. The van der Waals surface area contributed by atoms with Crippen LogP contribution in [0, 0.1) is 10.1 Å². The molecule has 1 fully saturated rings. The molecule has 156 valence electrons. The normalized spacial score (nSPS) is 17.9.